The van der Waals surface area contributed by atoms with Gasteiger partial charge in [0.25, 0.3) is 0 Å². The molecule has 0 aliphatic rings. The lowest BCUT2D eigenvalue weighted by molar-refractivity contribution is -0.117. The number of hydrogen-bond donors (Lipinski definition) is 1. The molecule has 0 bridgehead atoms. The lowest BCUT2D eigenvalue weighted by Gasteiger charge is -2.07. The number of carbonyl (C=O) groups is 1. The van der Waals surface area contributed by atoms with Crippen LogP contribution in [-0.4, -0.2) is 40.9 Å². The minimum atomic E-state index is -0.460. The summed E-state index contributed by atoms with van der Waals surface area (Å²) in [5, 5.41) is 15.6. The maximum Gasteiger partial charge on any atom is 0.225 e. The van der Waals surface area contributed by atoms with Crippen LogP contribution in [-0.2, 0) is 17.6 Å². The number of carbonyl (C=O) groups excluding carboxylic acids is 1. The summed E-state index contributed by atoms with van der Waals surface area (Å²) in [6, 6.07) is 15.8. The zero-order chi connectivity index (χ0) is 19.5. The zero-order valence-corrected chi connectivity index (χ0v) is 15.2. The van der Waals surface area contributed by atoms with Crippen LogP contribution in [0.4, 0.5) is 0 Å². The number of amides is 1. The smallest absolute Gasteiger partial charge is 0.225 e. The van der Waals surface area contributed by atoms with Crippen LogP contribution in [0.2, 0.25) is 0 Å². The lowest BCUT2D eigenvalue weighted by atomic mass is 10.1. The van der Waals surface area contributed by atoms with Gasteiger partial charge >= 0.3 is 0 Å². The predicted octanol–water partition coefficient (Wildman–Crippen LogP) is 1.17. The van der Waals surface area contributed by atoms with E-state index < -0.39 is 5.91 Å². The number of nitrogens with zero attached hydrogens (tertiary/aromatic N) is 7. The highest BCUT2D eigenvalue weighted by Gasteiger charge is 2.14. The zero-order valence-electron chi connectivity index (χ0n) is 15.2. The molecule has 0 spiro atoms. The monoisotopic (exact) mass is 374 g/mol. The van der Waals surface area contributed by atoms with E-state index in [1.165, 1.54) is 0 Å². The van der Waals surface area contributed by atoms with Gasteiger partial charge in [0.15, 0.2) is 5.82 Å². The van der Waals surface area contributed by atoms with Crippen molar-refractivity contribution in [3.63, 3.8) is 0 Å². The van der Waals surface area contributed by atoms with Crippen LogP contribution in [0.1, 0.15) is 22.8 Å². The number of rotatable bonds is 6. The summed E-state index contributed by atoms with van der Waals surface area (Å²) in [6.07, 6.45) is 2.10. The van der Waals surface area contributed by atoms with Gasteiger partial charge in [0.05, 0.1) is 17.8 Å². The highest BCUT2D eigenvalue weighted by Crippen LogP contribution is 2.16. The number of aryl methyl sites for hydroxylation is 1. The van der Waals surface area contributed by atoms with Gasteiger partial charge in [-0.2, -0.15) is 5.10 Å². The second-order valence-corrected chi connectivity index (χ2v) is 6.44. The molecular formula is C19H18N8O. The van der Waals surface area contributed by atoms with Crippen molar-refractivity contribution in [2.45, 2.75) is 19.8 Å². The normalized spacial score (nSPS) is 10.9. The molecule has 0 saturated heterocycles. The molecule has 0 aliphatic carbocycles. The van der Waals surface area contributed by atoms with E-state index in [9.17, 15) is 4.79 Å². The summed E-state index contributed by atoms with van der Waals surface area (Å²) in [6.45, 7) is 2.02. The third-order valence-electron chi connectivity index (χ3n) is 4.21. The molecule has 140 valence electrons. The third-order valence-corrected chi connectivity index (χ3v) is 4.21. The van der Waals surface area contributed by atoms with Crippen LogP contribution in [0, 0.1) is 6.92 Å². The Morgan fingerprint density at radius 1 is 1.11 bits per heavy atom. The van der Waals surface area contributed by atoms with Crippen LogP contribution in [0.5, 0.6) is 0 Å². The van der Waals surface area contributed by atoms with E-state index in [1.807, 2.05) is 55.5 Å². The maximum absolute atomic E-state index is 11.3. The molecule has 9 heteroatoms. The molecule has 4 aromatic rings. The molecule has 2 aromatic carbocycles. The fourth-order valence-corrected chi connectivity index (χ4v) is 2.93. The van der Waals surface area contributed by atoms with Gasteiger partial charge in [-0.05, 0) is 52.7 Å². The summed E-state index contributed by atoms with van der Waals surface area (Å²) in [5.74, 6) is 0.685. The van der Waals surface area contributed by atoms with Crippen molar-refractivity contribution in [1.29, 1.82) is 0 Å². The summed E-state index contributed by atoms with van der Waals surface area (Å²) in [5.41, 5.74) is 9.23. The minimum Gasteiger partial charge on any atom is -0.369 e. The van der Waals surface area contributed by atoms with E-state index in [-0.39, 0.29) is 6.42 Å². The fourth-order valence-electron chi connectivity index (χ4n) is 2.93. The molecule has 0 fully saturated rings. The Bertz CT molecular complexity index is 1100. The van der Waals surface area contributed by atoms with E-state index in [4.69, 9.17) is 5.73 Å². The topological polar surface area (TPSA) is 117 Å². The van der Waals surface area contributed by atoms with Crippen LogP contribution < -0.4 is 5.73 Å². The number of benzene rings is 2. The standard InChI is InChI=1S/C19H18N8O/c1-13-3-2-4-16(9-13)27-19(22-18(23-27)11-17(20)28)10-14-5-7-15(8-6-14)26-12-21-24-25-26/h2-9,12H,10-11H2,1H3,(H2,20,28). The highest BCUT2D eigenvalue weighted by atomic mass is 16.1. The summed E-state index contributed by atoms with van der Waals surface area (Å²) in [7, 11) is 0. The van der Waals surface area contributed by atoms with Gasteiger partial charge in [-0.3, -0.25) is 4.79 Å². The van der Waals surface area contributed by atoms with Gasteiger partial charge in [0.1, 0.15) is 12.2 Å². The quantitative estimate of drug-likeness (QED) is 0.541. The number of nitrogens with two attached hydrogens (primary N) is 1. The van der Waals surface area contributed by atoms with Crippen molar-refractivity contribution in [3.8, 4) is 11.4 Å². The Morgan fingerprint density at radius 3 is 2.61 bits per heavy atom. The van der Waals surface area contributed by atoms with Crippen molar-refractivity contribution in [1.82, 2.24) is 35.0 Å². The average molecular weight is 374 g/mol. The largest absolute Gasteiger partial charge is 0.369 e. The molecule has 1 amide bonds. The van der Waals surface area contributed by atoms with Gasteiger partial charge < -0.3 is 5.73 Å². The van der Waals surface area contributed by atoms with Crippen LogP contribution in [0.25, 0.3) is 11.4 Å². The van der Waals surface area contributed by atoms with Gasteiger partial charge in [0.2, 0.25) is 5.91 Å². The Hall–Kier alpha value is -3.88. The van der Waals surface area contributed by atoms with Crippen molar-refractivity contribution in [2.75, 3.05) is 0 Å². The third kappa shape index (κ3) is 3.78. The fraction of sp³-hybridized carbons (Fsp3) is 0.158. The highest BCUT2D eigenvalue weighted by molar-refractivity contribution is 5.75. The SMILES string of the molecule is Cc1cccc(-n2nc(CC(N)=O)nc2Cc2ccc(-n3cnnn3)cc2)c1. The molecule has 28 heavy (non-hydrogen) atoms. The van der Waals surface area contributed by atoms with Crippen LogP contribution in [0.15, 0.2) is 54.9 Å². The first kappa shape index (κ1) is 17.5. The van der Waals surface area contributed by atoms with Gasteiger partial charge in [-0.1, -0.05) is 24.3 Å². The number of hydrogen-bond acceptors (Lipinski definition) is 6. The Kier molecular flexibility index (Phi) is 4.63. The van der Waals surface area contributed by atoms with E-state index in [0.717, 1.165) is 28.3 Å². The second kappa shape index (κ2) is 7.39. The maximum atomic E-state index is 11.3. The molecule has 9 nitrogen and oxygen atoms in total. The number of aromatic nitrogens is 7. The van der Waals surface area contributed by atoms with Crippen molar-refractivity contribution in [3.05, 3.63) is 77.6 Å². The molecular weight excluding hydrogens is 356 g/mol. The average Bonchev–Trinajstić information content (AvgIpc) is 3.32. The summed E-state index contributed by atoms with van der Waals surface area (Å²) >= 11 is 0. The number of tetrazole rings is 1. The molecule has 0 radical (unpaired) electrons. The Morgan fingerprint density at radius 2 is 1.93 bits per heavy atom. The van der Waals surface area contributed by atoms with Gasteiger partial charge in [-0.15, -0.1) is 5.10 Å². The van der Waals surface area contributed by atoms with Crippen LogP contribution >= 0.6 is 0 Å². The minimum absolute atomic E-state index is 0.00402. The van der Waals surface area contributed by atoms with Crippen LogP contribution in [0.3, 0.4) is 0 Å². The van der Waals surface area contributed by atoms with E-state index in [1.54, 1.807) is 15.7 Å². The molecule has 2 aromatic heterocycles. The number of primary amides is 1. The molecule has 0 unspecified atom stereocenters. The van der Waals surface area contributed by atoms with Crippen molar-refractivity contribution in [2.24, 2.45) is 5.73 Å². The second-order valence-electron chi connectivity index (χ2n) is 6.44. The predicted molar refractivity (Wildman–Crippen MR) is 101 cm³/mol. The first-order valence-electron chi connectivity index (χ1n) is 8.71. The van der Waals surface area contributed by atoms with Crippen molar-refractivity contribution >= 4 is 5.91 Å². The van der Waals surface area contributed by atoms with Gasteiger partial charge in [-0.25, -0.2) is 14.3 Å². The Labute approximate surface area is 160 Å². The summed E-state index contributed by atoms with van der Waals surface area (Å²) in [4.78, 5) is 15.8. The van der Waals surface area contributed by atoms with Gasteiger partial charge in [0, 0.05) is 6.42 Å². The van der Waals surface area contributed by atoms with E-state index in [2.05, 4.69) is 25.6 Å². The van der Waals surface area contributed by atoms with Crippen molar-refractivity contribution < 1.29 is 4.79 Å². The molecule has 0 atom stereocenters. The molecule has 2 heterocycles. The summed E-state index contributed by atoms with van der Waals surface area (Å²) < 4.78 is 3.35. The molecule has 2 N–H and O–H groups in total. The molecule has 0 saturated carbocycles. The lowest BCUT2D eigenvalue weighted by Crippen LogP contribution is -2.14. The molecule has 4 rings (SSSR count). The first-order valence-corrected chi connectivity index (χ1v) is 8.71. The van der Waals surface area contributed by atoms with E-state index in [0.29, 0.717) is 12.2 Å². The van der Waals surface area contributed by atoms with E-state index >= 15 is 0 Å². The first-order chi connectivity index (χ1) is 13.6. The Balaban J connectivity index is 1.66. The molecule has 0 aliphatic heterocycles.